The average Bonchev–Trinajstić information content (AvgIpc) is 3.22. The molecule has 0 spiro atoms. The molecule has 21 heavy (non-hydrogen) atoms. The van der Waals surface area contributed by atoms with Crippen LogP contribution in [0.3, 0.4) is 0 Å². The van der Waals surface area contributed by atoms with Crippen LogP contribution in [-0.4, -0.2) is 32.9 Å². The Morgan fingerprint density at radius 1 is 1.38 bits per heavy atom. The van der Waals surface area contributed by atoms with Crippen molar-refractivity contribution in [3.63, 3.8) is 0 Å². The molecule has 1 aliphatic carbocycles. The summed E-state index contributed by atoms with van der Waals surface area (Å²) in [5.74, 6) is 0.764. The maximum absolute atomic E-state index is 12.0. The second-order valence-corrected chi connectivity index (χ2v) is 7.36. The molecule has 1 aromatic rings. The van der Waals surface area contributed by atoms with Gasteiger partial charge in [-0.25, -0.2) is 8.42 Å². The first-order valence-electron chi connectivity index (χ1n) is 7.49. The Morgan fingerprint density at radius 3 is 2.81 bits per heavy atom. The fraction of sp³-hybridized carbons (Fsp3) is 0.600. The molecule has 0 aromatic heterocycles. The topological polar surface area (TPSA) is 67.4 Å². The van der Waals surface area contributed by atoms with E-state index in [-0.39, 0.29) is 11.9 Å². The van der Waals surface area contributed by atoms with Gasteiger partial charge in [0.2, 0.25) is 10.0 Å². The van der Waals surface area contributed by atoms with Crippen molar-refractivity contribution in [1.82, 2.24) is 5.32 Å². The van der Waals surface area contributed by atoms with Crippen molar-refractivity contribution >= 4 is 15.7 Å². The zero-order valence-corrected chi connectivity index (χ0v) is 13.4. The van der Waals surface area contributed by atoms with Crippen LogP contribution in [0.5, 0.6) is 5.75 Å². The summed E-state index contributed by atoms with van der Waals surface area (Å²) in [6.45, 7) is 4.52. The predicted octanol–water partition coefficient (Wildman–Crippen LogP) is 2.36. The summed E-state index contributed by atoms with van der Waals surface area (Å²) < 4.78 is 32.3. The quantitative estimate of drug-likeness (QED) is 0.734. The molecule has 1 fully saturated rings. The molecule has 0 heterocycles. The standard InChI is InChI=1S/C15H24N2O3S/c1-3-12(2)20-15-6-4-5-14(11-15)17-21(18,19)10-9-16-13-7-8-13/h4-6,11-13,16-17H,3,7-10H2,1-2H3. The van der Waals surface area contributed by atoms with Gasteiger partial charge in [0, 0.05) is 18.7 Å². The van der Waals surface area contributed by atoms with E-state index in [0.717, 1.165) is 19.3 Å². The number of ether oxygens (including phenoxy) is 1. The fourth-order valence-corrected chi connectivity index (χ4v) is 2.84. The third-order valence-electron chi connectivity index (χ3n) is 3.40. The molecule has 0 amide bonds. The minimum atomic E-state index is -3.32. The van der Waals surface area contributed by atoms with E-state index >= 15 is 0 Å². The van der Waals surface area contributed by atoms with Gasteiger partial charge in [0.1, 0.15) is 5.75 Å². The van der Waals surface area contributed by atoms with E-state index in [9.17, 15) is 8.42 Å². The van der Waals surface area contributed by atoms with Crippen LogP contribution >= 0.6 is 0 Å². The molecule has 1 saturated carbocycles. The lowest BCUT2D eigenvalue weighted by molar-refractivity contribution is 0.217. The molecule has 118 valence electrons. The van der Waals surface area contributed by atoms with Gasteiger partial charge in [0.15, 0.2) is 0 Å². The summed E-state index contributed by atoms with van der Waals surface area (Å²) in [5.41, 5.74) is 0.544. The van der Waals surface area contributed by atoms with Gasteiger partial charge in [-0.05, 0) is 38.3 Å². The number of rotatable bonds is 9. The van der Waals surface area contributed by atoms with E-state index in [1.54, 1.807) is 18.2 Å². The number of benzene rings is 1. The zero-order chi connectivity index (χ0) is 15.3. The van der Waals surface area contributed by atoms with Gasteiger partial charge in [-0.3, -0.25) is 4.72 Å². The third-order valence-corrected chi connectivity index (χ3v) is 4.69. The monoisotopic (exact) mass is 312 g/mol. The second-order valence-electron chi connectivity index (χ2n) is 5.51. The van der Waals surface area contributed by atoms with Crippen molar-refractivity contribution < 1.29 is 13.2 Å². The Kier molecular flexibility index (Phi) is 5.47. The van der Waals surface area contributed by atoms with Crippen molar-refractivity contribution in [2.45, 2.75) is 45.3 Å². The summed E-state index contributed by atoms with van der Waals surface area (Å²) in [4.78, 5) is 0. The summed E-state index contributed by atoms with van der Waals surface area (Å²) in [6, 6.07) is 7.59. The van der Waals surface area contributed by atoms with Crippen LogP contribution in [0, 0.1) is 0 Å². The Morgan fingerprint density at radius 2 is 2.14 bits per heavy atom. The van der Waals surface area contributed by atoms with Crippen LogP contribution in [0.4, 0.5) is 5.69 Å². The normalized spacial score (nSPS) is 16.5. The van der Waals surface area contributed by atoms with Crippen LogP contribution in [0.15, 0.2) is 24.3 Å². The highest BCUT2D eigenvalue weighted by Gasteiger charge is 2.21. The largest absolute Gasteiger partial charge is 0.491 e. The molecule has 1 aromatic carbocycles. The Hall–Kier alpha value is -1.27. The van der Waals surface area contributed by atoms with Gasteiger partial charge < -0.3 is 10.1 Å². The average molecular weight is 312 g/mol. The van der Waals surface area contributed by atoms with Crippen LogP contribution < -0.4 is 14.8 Å². The molecule has 0 bridgehead atoms. The number of sulfonamides is 1. The number of hydrogen-bond donors (Lipinski definition) is 2. The Balaban J connectivity index is 1.89. The lowest BCUT2D eigenvalue weighted by Crippen LogP contribution is -2.28. The highest BCUT2D eigenvalue weighted by molar-refractivity contribution is 7.92. The fourth-order valence-electron chi connectivity index (χ4n) is 1.86. The molecule has 2 rings (SSSR count). The molecule has 0 aliphatic heterocycles. The summed E-state index contributed by atoms with van der Waals surface area (Å²) in [5, 5.41) is 3.20. The first-order chi connectivity index (χ1) is 9.98. The van der Waals surface area contributed by atoms with E-state index in [2.05, 4.69) is 10.0 Å². The molecule has 1 aliphatic rings. The molecule has 5 nitrogen and oxygen atoms in total. The lowest BCUT2D eigenvalue weighted by Gasteiger charge is -2.14. The minimum Gasteiger partial charge on any atom is -0.491 e. The summed E-state index contributed by atoms with van der Waals surface area (Å²) in [7, 11) is -3.32. The molecule has 0 saturated heterocycles. The molecule has 2 N–H and O–H groups in total. The van der Waals surface area contributed by atoms with Gasteiger partial charge in [-0.1, -0.05) is 13.0 Å². The van der Waals surface area contributed by atoms with Crippen molar-refractivity contribution in [1.29, 1.82) is 0 Å². The van der Waals surface area contributed by atoms with E-state index in [1.807, 2.05) is 19.9 Å². The first kappa shape index (κ1) is 16.1. The lowest BCUT2D eigenvalue weighted by atomic mass is 10.3. The second kappa shape index (κ2) is 7.13. The van der Waals surface area contributed by atoms with Crippen molar-refractivity contribution in [2.24, 2.45) is 0 Å². The summed E-state index contributed by atoms with van der Waals surface area (Å²) >= 11 is 0. The van der Waals surface area contributed by atoms with Gasteiger partial charge in [0.05, 0.1) is 17.5 Å². The third kappa shape index (κ3) is 5.93. The highest BCUT2D eigenvalue weighted by Crippen LogP contribution is 2.20. The minimum absolute atomic E-state index is 0.0833. The van der Waals surface area contributed by atoms with Crippen LogP contribution in [0.1, 0.15) is 33.1 Å². The van der Waals surface area contributed by atoms with Crippen molar-refractivity contribution in [2.75, 3.05) is 17.0 Å². The van der Waals surface area contributed by atoms with E-state index < -0.39 is 10.0 Å². The van der Waals surface area contributed by atoms with Gasteiger partial charge >= 0.3 is 0 Å². The zero-order valence-electron chi connectivity index (χ0n) is 12.6. The molecular weight excluding hydrogens is 288 g/mol. The molecule has 6 heteroatoms. The van der Waals surface area contributed by atoms with Crippen LogP contribution in [0.2, 0.25) is 0 Å². The Bertz CT molecular complexity index is 556. The van der Waals surface area contributed by atoms with Gasteiger partial charge in [-0.15, -0.1) is 0 Å². The molecular formula is C15H24N2O3S. The first-order valence-corrected chi connectivity index (χ1v) is 9.14. The van der Waals surface area contributed by atoms with Gasteiger partial charge in [-0.2, -0.15) is 0 Å². The smallest absolute Gasteiger partial charge is 0.233 e. The highest BCUT2D eigenvalue weighted by atomic mass is 32.2. The molecule has 1 atom stereocenters. The number of hydrogen-bond acceptors (Lipinski definition) is 4. The van der Waals surface area contributed by atoms with E-state index in [1.165, 1.54) is 0 Å². The Labute approximate surface area is 127 Å². The maximum Gasteiger partial charge on any atom is 0.233 e. The SMILES string of the molecule is CCC(C)Oc1cccc(NS(=O)(=O)CCNC2CC2)c1. The summed E-state index contributed by atoms with van der Waals surface area (Å²) in [6.07, 6.45) is 3.33. The van der Waals surface area contributed by atoms with Gasteiger partial charge in [0.25, 0.3) is 0 Å². The van der Waals surface area contributed by atoms with Crippen LogP contribution in [-0.2, 0) is 10.0 Å². The maximum atomic E-state index is 12.0. The van der Waals surface area contributed by atoms with E-state index in [0.29, 0.717) is 24.0 Å². The van der Waals surface area contributed by atoms with Crippen molar-refractivity contribution in [3.8, 4) is 5.75 Å². The number of nitrogens with one attached hydrogen (secondary N) is 2. The molecule has 0 radical (unpaired) electrons. The van der Waals surface area contributed by atoms with Crippen molar-refractivity contribution in [3.05, 3.63) is 24.3 Å². The van der Waals surface area contributed by atoms with E-state index in [4.69, 9.17) is 4.74 Å². The van der Waals surface area contributed by atoms with Crippen LogP contribution in [0.25, 0.3) is 0 Å². The number of anilines is 1. The predicted molar refractivity (Wildman–Crippen MR) is 85.3 cm³/mol. The molecule has 1 unspecified atom stereocenters.